The Kier molecular flexibility index (Phi) is 3.38. The van der Waals surface area contributed by atoms with Gasteiger partial charge >= 0.3 is 0 Å². The van der Waals surface area contributed by atoms with Gasteiger partial charge in [0.2, 0.25) is 0 Å². The van der Waals surface area contributed by atoms with Gasteiger partial charge in [-0.2, -0.15) is 0 Å². The summed E-state index contributed by atoms with van der Waals surface area (Å²) >= 11 is 5.98. The van der Waals surface area contributed by atoms with Crippen LogP contribution in [0.25, 0.3) is 11.0 Å². The second-order valence-corrected chi connectivity index (χ2v) is 4.55. The third kappa shape index (κ3) is 2.16. The number of nitrogens with two attached hydrogens (primary N) is 1. The summed E-state index contributed by atoms with van der Waals surface area (Å²) in [6.45, 7) is 4.42. The van der Waals surface area contributed by atoms with E-state index in [1.165, 1.54) is 0 Å². The molecule has 17 heavy (non-hydrogen) atoms. The molecule has 1 aromatic heterocycles. The van der Waals surface area contributed by atoms with Crippen LogP contribution in [0.4, 0.5) is 0 Å². The van der Waals surface area contributed by atoms with Crippen molar-refractivity contribution in [1.82, 2.24) is 9.55 Å². The Bertz CT molecular complexity index is 536. The number of hydrogen-bond acceptors (Lipinski definition) is 3. The van der Waals surface area contributed by atoms with Crippen LogP contribution >= 0.6 is 11.6 Å². The van der Waals surface area contributed by atoms with Gasteiger partial charge < -0.3 is 15.4 Å². The summed E-state index contributed by atoms with van der Waals surface area (Å²) < 4.78 is 1.98. The fourth-order valence-corrected chi connectivity index (χ4v) is 2.08. The van der Waals surface area contributed by atoms with Gasteiger partial charge in [-0.15, -0.1) is 0 Å². The predicted octanol–water partition coefficient (Wildman–Crippen LogP) is 2.09. The van der Waals surface area contributed by atoms with Gasteiger partial charge in [0, 0.05) is 11.6 Å². The lowest BCUT2D eigenvalue weighted by Gasteiger charge is -2.15. The fourth-order valence-electron chi connectivity index (χ4n) is 1.92. The first kappa shape index (κ1) is 12.4. The summed E-state index contributed by atoms with van der Waals surface area (Å²) in [6.07, 6.45) is -0.632. The van der Waals surface area contributed by atoms with E-state index in [2.05, 4.69) is 4.98 Å². The minimum Gasteiger partial charge on any atom is -0.391 e. The molecule has 4 nitrogen and oxygen atoms in total. The highest BCUT2D eigenvalue weighted by molar-refractivity contribution is 6.31. The van der Waals surface area contributed by atoms with Gasteiger partial charge in [-0.05, 0) is 32.0 Å². The van der Waals surface area contributed by atoms with E-state index in [0.29, 0.717) is 10.8 Å². The second kappa shape index (κ2) is 4.64. The Morgan fingerprint density at radius 2 is 2.24 bits per heavy atom. The third-order valence-corrected chi connectivity index (χ3v) is 3.11. The Labute approximate surface area is 105 Å². The Morgan fingerprint density at radius 3 is 2.82 bits per heavy atom. The lowest BCUT2D eigenvalue weighted by atomic mass is 10.2. The van der Waals surface area contributed by atoms with Crippen molar-refractivity contribution in [2.75, 3.05) is 0 Å². The van der Waals surface area contributed by atoms with Crippen LogP contribution in [-0.4, -0.2) is 20.8 Å². The SMILES string of the molecule is CCn1c(C(N)C(C)O)nc2ccc(Cl)cc21. The van der Waals surface area contributed by atoms with Crippen molar-refractivity contribution in [2.45, 2.75) is 32.5 Å². The largest absolute Gasteiger partial charge is 0.391 e. The van der Waals surface area contributed by atoms with Crippen LogP contribution in [0.1, 0.15) is 25.7 Å². The zero-order valence-corrected chi connectivity index (χ0v) is 10.6. The molecule has 5 heteroatoms. The van der Waals surface area contributed by atoms with E-state index in [0.717, 1.165) is 17.6 Å². The molecule has 2 aromatic rings. The molecular weight excluding hydrogens is 238 g/mol. The first-order valence-corrected chi connectivity index (χ1v) is 6.01. The molecule has 0 radical (unpaired) electrons. The van der Waals surface area contributed by atoms with E-state index < -0.39 is 12.1 Å². The number of nitrogens with zero attached hydrogens (tertiary/aromatic N) is 2. The molecule has 0 spiro atoms. The van der Waals surface area contributed by atoms with Gasteiger partial charge in [0.05, 0.1) is 23.2 Å². The third-order valence-electron chi connectivity index (χ3n) is 2.87. The van der Waals surface area contributed by atoms with Crippen LogP contribution in [-0.2, 0) is 6.54 Å². The first-order chi connectivity index (χ1) is 8.04. The van der Waals surface area contributed by atoms with Gasteiger partial charge in [-0.25, -0.2) is 4.98 Å². The maximum absolute atomic E-state index is 9.57. The monoisotopic (exact) mass is 253 g/mol. The molecule has 1 aromatic carbocycles. The van der Waals surface area contributed by atoms with Crippen molar-refractivity contribution in [3.8, 4) is 0 Å². The van der Waals surface area contributed by atoms with Crippen molar-refractivity contribution in [2.24, 2.45) is 5.73 Å². The number of benzene rings is 1. The standard InChI is InChI=1S/C12H16ClN3O/c1-3-16-10-6-8(13)4-5-9(10)15-12(16)11(14)7(2)17/h4-7,11,17H,3,14H2,1-2H3. The summed E-state index contributed by atoms with van der Waals surface area (Å²) in [6, 6.07) is 5.04. The number of fused-ring (bicyclic) bond motifs is 1. The number of imidazole rings is 1. The topological polar surface area (TPSA) is 64.1 Å². The molecular formula is C12H16ClN3O. The minimum absolute atomic E-state index is 0.485. The van der Waals surface area contributed by atoms with E-state index in [-0.39, 0.29) is 0 Å². The molecule has 92 valence electrons. The summed E-state index contributed by atoms with van der Waals surface area (Å²) in [5.74, 6) is 0.694. The maximum atomic E-state index is 9.57. The molecule has 2 unspecified atom stereocenters. The normalized spacial score (nSPS) is 15.1. The smallest absolute Gasteiger partial charge is 0.129 e. The van der Waals surface area contributed by atoms with Crippen molar-refractivity contribution in [1.29, 1.82) is 0 Å². The van der Waals surface area contributed by atoms with Crippen LogP contribution in [0.3, 0.4) is 0 Å². The van der Waals surface area contributed by atoms with Gasteiger partial charge in [0.25, 0.3) is 0 Å². The maximum Gasteiger partial charge on any atom is 0.129 e. The van der Waals surface area contributed by atoms with E-state index in [1.807, 2.05) is 23.6 Å². The van der Waals surface area contributed by atoms with E-state index in [9.17, 15) is 5.11 Å². The van der Waals surface area contributed by atoms with Crippen molar-refractivity contribution >= 4 is 22.6 Å². The number of halogens is 1. The first-order valence-electron chi connectivity index (χ1n) is 5.64. The van der Waals surface area contributed by atoms with E-state index in [4.69, 9.17) is 17.3 Å². The minimum atomic E-state index is -0.632. The van der Waals surface area contributed by atoms with Crippen LogP contribution in [0, 0.1) is 0 Å². The number of aliphatic hydroxyl groups excluding tert-OH is 1. The highest BCUT2D eigenvalue weighted by Gasteiger charge is 2.20. The quantitative estimate of drug-likeness (QED) is 0.880. The summed E-state index contributed by atoms with van der Waals surface area (Å²) in [5.41, 5.74) is 7.75. The molecule has 1 heterocycles. The average molecular weight is 254 g/mol. The number of aliphatic hydroxyl groups is 1. The molecule has 0 aliphatic rings. The van der Waals surface area contributed by atoms with Crippen LogP contribution in [0.5, 0.6) is 0 Å². The highest BCUT2D eigenvalue weighted by atomic mass is 35.5. The lowest BCUT2D eigenvalue weighted by molar-refractivity contribution is 0.159. The molecule has 0 saturated carbocycles. The van der Waals surface area contributed by atoms with Crippen molar-refractivity contribution in [3.63, 3.8) is 0 Å². The molecule has 0 aliphatic carbocycles. The van der Waals surface area contributed by atoms with E-state index >= 15 is 0 Å². The number of aromatic nitrogens is 2. The average Bonchev–Trinajstić information content (AvgIpc) is 2.65. The Balaban J connectivity index is 2.64. The number of rotatable bonds is 3. The van der Waals surface area contributed by atoms with Crippen LogP contribution in [0.15, 0.2) is 18.2 Å². The Hall–Kier alpha value is -1.10. The second-order valence-electron chi connectivity index (χ2n) is 4.11. The molecule has 0 amide bonds. The molecule has 2 rings (SSSR count). The Morgan fingerprint density at radius 1 is 1.53 bits per heavy atom. The van der Waals surface area contributed by atoms with Gasteiger partial charge in [-0.1, -0.05) is 11.6 Å². The zero-order valence-electron chi connectivity index (χ0n) is 9.89. The van der Waals surface area contributed by atoms with Gasteiger partial charge in [0.15, 0.2) is 0 Å². The molecule has 3 N–H and O–H groups in total. The predicted molar refractivity (Wildman–Crippen MR) is 69.0 cm³/mol. The molecule has 0 aliphatic heterocycles. The number of aryl methyl sites for hydroxylation is 1. The van der Waals surface area contributed by atoms with Crippen LogP contribution in [0.2, 0.25) is 5.02 Å². The lowest BCUT2D eigenvalue weighted by Crippen LogP contribution is -2.26. The summed E-state index contributed by atoms with van der Waals surface area (Å²) in [5, 5.41) is 10.2. The molecule has 0 bridgehead atoms. The molecule has 0 saturated heterocycles. The molecule has 0 fully saturated rings. The summed E-state index contributed by atoms with van der Waals surface area (Å²) in [7, 11) is 0. The highest BCUT2D eigenvalue weighted by Crippen LogP contribution is 2.24. The van der Waals surface area contributed by atoms with Gasteiger partial charge in [-0.3, -0.25) is 0 Å². The zero-order chi connectivity index (χ0) is 12.6. The summed E-state index contributed by atoms with van der Waals surface area (Å²) in [4.78, 5) is 4.47. The van der Waals surface area contributed by atoms with Crippen LogP contribution < -0.4 is 5.73 Å². The fraction of sp³-hybridized carbons (Fsp3) is 0.417. The van der Waals surface area contributed by atoms with Crippen molar-refractivity contribution in [3.05, 3.63) is 29.0 Å². The van der Waals surface area contributed by atoms with E-state index in [1.54, 1.807) is 13.0 Å². The number of hydrogen-bond donors (Lipinski definition) is 2. The van der Waals surface area contributed by atoms with Crippen molar-refractivity contribution < 1.29 is 5.11 Å². The molecule has 2 atom stereocenters. The van der Waals surface area contributed by atoms with Gasteiger partial charge in [0.1, 0.15) is 5.82 Å².